The number of carboxylic acids is 1. The van der Waals surface area contributed by atoms with Crippen molar-refractivity contribution in [3.8, 4) is 0 Å². The van der Waals surface area contributed by atoms with Crippen LogP contribution in [-0.4, -0.2) is 46.4 Å². The Morgan fingerprint density at radius 2 is 1.89 bits per heavy atom. The second kappa shape index (κ2) is 6.83. The molecule has 7 heteroatoms. The van der Waals surface area contributed by atoms with Crippen molar-refractivity contribution in [2.24, 2.45) is 0 Å². The zero-order chi connectivity index (χ0) is 14.5. The van der Waals surface area contributed by atoms with E-state index in [4.69, 9.17) is 5.11 Å². The van der Waals surface area contributed by atoms with Gasteiger partial charge in [0.2, 0.25) is 0 Å². The average Bonchev–Trinajstić information content (AvgIpc) is 2.27. The first-order valence-electron chi connectivity index (χ1n) is 6.39. The van der Waals surface area contributed by atoms with Crippen molar-refractivity contribution < 1.29 is 23.1 Å². The zero-order valence-corrected chi connectivity index (χ0v) is 11.8. The number of thioether (sulfide) groups is 1. The smallest absolute Gasteiger partial charge is 0.441 e. The lowest BCUT2D eigenvalue weighted by molar-refractivity contribution is -0.141. The van der Waals surface area contributed by atoms with Gasteiger partial charge < -0.3 is 5.11 Å². The van der Waals surface area contributed by atoms with Crippen LogP contribution in [0.3, 0.4) is 0 Å². The Morgan fingerprint density at radius 1 is 1.32 bits per heavy atom. The minimum Gasteiger partial charge on any atom is -0.481 e. The van der Waals surface area contributed by atoms with Gasteiger partial charge in [0.15, 0.2) is 0 Å². The number of hydrogen-bond acceptors (Lipinski definition) is 3. The lowest BCUT2D eigenvalue weighted by atomic mass is 9.78. The first-order chi connectivity index (χ1) is 8.75. The molecule has 1 aliphatic carbocycles. The summed E-state index contributed by atoms with van der Waals surface area (Å²) in [5.74, 6) is -0.932. The molecule has 0 amide bonds. The van der Waals surface area contributed by atoms with Gasteiger partial charge in [0.25, 0.3) is 0 Å². The van der Waals surface area contributed by atoms with Gasteiger partial charge in [-0.2, -0.15) is 13.2 Å². The predicted molar refractivity (Wildman–Crippen MR) is 69.2 cm³/mol. The third kappa shape index (κ3) is 5.60. The van der Waals surface area contributed by atoms with E-state index in [9.17, 15) is 18.0 Å². The number of halogens is 3. The highest BCUT2D eigenvalue weighted by atomic mass is 32.2. The molecule has 0 radical (unpaired) electrons. The summed E-state index contributed by atoms with van der Waals surface area (Å²) in [4.78, 5) is 12.8. The molecule has 0 atom stereocenters. The standard InChI is InChI=1S/C12H20F3NO2S/c1-16(7-8-19-12(13,14)15)11(9-10(17)18)5-3-2-4-6-11/h2-9H2,1H3,(H,17,18). The van der Waals surface area contributed by atoms with Gasteiger partial charge in [0, 0.05) is 17.8 Å². The van der Waals surface area contributed by atoms with Gasteiger partial charge in [-0.15, -0.1) is 0 Å². The second-order valence-electron chi connectivity index (χ2n) is 5.07. The first kappa shape index (κ1) is 16.6. The lowest BCUT2D eigenvalue weighted by Crippen LogP contribution is -2.50. The molecule has 0 bridgehead atoms. The van der Waals surface area contributed by atoms with Crippen LogP contribution in [0.25, 0.3) is 0 Å². The van der Waals surface area contributed by atoms with Gasteiger partial charge >= 0.3 is 11.5 Å². The Morgan fingerprint density at radius 3 is 2.37 bits per heavy atom. The number of nitrogens with zero attached hydrogens (tertiary/aromatic N) is 1. The van der Waals surface area contributed by atoms with E-state index in [1.54, 1.807) is 7.05 Å². The van der Waals surface area contributed by atoms with Crippen LogP contribution in [0.15, 0.2) is 0 Å². The number of hydrogen-bond donors (Lipinski definition) is 1. The molecule has 1 fully saturated rings. The van der Waals surface area contributed by atoms with E-state index < -0.39 is 17.0 Å². The van der Waals surface area contributed by atoms with Crippen LogP contribution in [0.5, 0.6) is 0 Å². The third-order valence-electron chi connectivity index (χ3n) is 3.77. The molecular formula is C12H20F3NO2S. The van der Waals surface area contributed by atoms with Gasteiger partial charge in [-0.3, -0.25) is 9.69 Å². The van der Waals surface area contributed by atoms with Crippen molar-refractivity contribution >= 4 is 17.7 Å². The van der Waals surface area contributed by atoms with Crippen LogP contribution in [0.1, 0.15) is 38.5 Å². The molecule has 0 unspecified atom stereocenters. The molecule has 1 saturated carbocycles. The minimum atomic E-state index is -4.21. The molecule has 0 aliphatic heterocycles. The van der Waals surface area contributed by atoms with E-state index in [2.05, 4.69) is 0 Å². The van der Waals surface area contributed by atoms with Crippen LogP contribution >= 0.6 is 11.8 Å². The molecule has 1 N–H and O–H groups in total. The second-order valence-corrected chi connectivity index (χ2v) is 6.23. The molecule has 0 spiro atoms. The molecule has 112 valence electrons. The fraction of sp³-hybridized carbons (Fsp3) is 0.917. The summed E-state index contributed by atoms with van der Waals surface area (Å²) in [5.41, 5.74) is -4.68. The highest BCUT2D eigenvalue weighted by Gasteiger charge is 2.38. The molecule has 0 aromatic carbocycles. The van der Waals surface area contributed by atoms with E-state index >= 15 is 0 Å². The fourth-order valence-corrected chi connectivity index (χ4v) is 3.32. The summed E-state index contributed by atoms with van der Waals surface area (Å²) in [7, 11) is 1.74. The van der Waals surface area contributed by atoms with E-state index in [1.165, 1.54) is 0 Å². The Bertz CT molecular complexity index is 304. The average molecular weight is 299 g/mol. The normalized spacial score (nSPS) is 19.6. The van der Waals surface area contributed by atoms with Crippen molar-refractivity contribution in [1.29, 1.82) is 0 Å². The molecular weight excluding hydrogens is 279 g/mol. The molecule has 1 rings (SSSR count). The van der Waals surface area contributed by atoms with E-state index in [1.807, 2.05) is 4.90 Å². The van der Waals surface area contributed by atoms with Crippen molar-refractivity contribution in [2.75, 3.05) is 19.3 Å². The topological polar surface area (TPSA) is 40.5 Å². The lowest BCUT2D eigenvalue weighted by Gasteiger charge is -2.44. The summed E-state index contributed by atoms with van der Waals surface area (Å²) in [6.45, 7) is 0.261. The number of aliphatic carboxylic acids is 1. The number of carbonyl (C=O) groups is 1. The third-order valence-corrected chi connectivity index (χ3v) is 4.48. The van der Waals surface area contributed by atoms with Gasteiger partial charge in [-0.1, -0.05) is 19.3 Å². The molecule has 0 aromatic rings. The van der Waals surface area contributed by atoms with E-state index in [0.717, 1.165) is 32.1 Å². The maximum Gasteiger partial charge on any atom is 0.441 e. The predicted octanol–water partition coefficient (Wildman–Crippen LogP) is 3.35. The maximum atomic E-state index is 12.1. The molecule has 0 aromatic heterocycles. The van der Waals surface area contributed by atoms with Crippen LogP contribution in [0.2, 0.25) is 0 Å². The fourth-order valence-electron chi connectivity index (χ4n) is 2.72. The van der Waals surface area contributed by atoms with Crippen LogP contribution < -0.4 is 0 Å². The summed E-state index contributed by atoms with van der Waals surface area (Å²) in [5, 5.41) is 9.02. The van der Waals surface area contributed by atoms with Crippen molar-refractivity contribution in [2.45, 2.75) is 49.6 Å². The van der Waals surface area contributed by atoms with E-state index in [0.29, 0.717) is 0 Å². The molecule has 3 nitrogen and oxygen atoms in total. The summed E-state index contributed by atoms with van der Waals surface area (Å²) < 4.78 is 36.3. The number of carboxylic acid groups (broad SMARTS) is 1. The Labute approximate surface area is 115 Å². The minimum absolute atomic E-state index is 0.0141. The largest absolute Gasteiger partial charge is 0.481 e. The SMILES string of the molecule is CN(CCSC(F)(F)F)C1(CC(=O)O)CCCCC1. The van der Waals surface area contributed by atoms with Gasteiger partial charge in [-0.05, 0) is 31.7 Å². The number of alkyl halides is 3. The quantitative estimate of drug-likeness (QED) is 0.816. The molecule has 1 aliphatic rings. The van der Waals surface area contributed by atoms with Gasteiger partial charge in [0.05, 0.1) is 6.42 Å². The Kier molecular flexibility index (Phi) is 5.98. The van der Waals surface area contributed by atoms with Crippen molar-refractivity contribution in [3.05, 3.63) is 0 Å². The summed E-state index contributed by atoms with van der Waals surface area (Å²) in [6.07, 6.45) is 4.50. The first-order valence-corrected chi connectivity index (χ1v) is 7.37. The van der Waals surface area contributed by atoms with Gasteiger partial charge in [0.1, 0.15) is 0 Å². The highest BCUT2D eigenvalue weighted by molar-refractivity contribution is 8.00. The highest BCUT2D eigenvalue weighted by Crippen LogP contribution is 2.37. The summed E-state index contributed by atoms with van der Waals surface area (Å²) >= 11 is -0.0456. The molecule has 0 heterocycles. The van der Waals surface area contributed by atoms with Crippen molar-refractivity contribution in [1.82, 2.24) is 4.90 Å². The van der Waals surface area contributed by atoms with Crippen molar-refractivity contribution in [3.63, 3.8) is 0 Å². The van der Waals surface area contributed by atoms with Crippen LogP contribution in [0, 0.1) is 0 Å². The monoisotopic (exact) mass is 299 g/mol. The Hall–Kier alpha value is -0.430. The maximum absolute atomic E-state index is 12.1. The Balaban J connectivity index is 2.56. The summed E-state index contributed by atoms with van der Waals surface area (Å²) in [6, 6.07) is 0. The van der Waals surface area contributed by atoms with E-state index in [-0.39, 0.29) is 30.5 Å². The van der Waals surface area contributed by atoms with Crippen LogP contribution in [-0.2, 0) is 4.79 Å². The van der Waals surface area contributed by atoms with Crippen LogP contribution in [0.4, 0.5) is 13.2 Å². The zero-order valence-electron chi connectivity index (χ0n) is 11.0. The molecule has 0 saturated heterocycles. The number of rotatable bonds is 6. The molecule has 19 heavy (non-hydrogen) atoms. The van der Waals surface area contributed by atoms with Gasteiger partial charge in [-0.25, -0.2) is 0 Å².